The molecule has 2 N–H and O–H groups in total. The Balaban J connectivity index is 2.29. The lowest BCUT2D eigenvalue weighted by Gasteiger charge is -2.39. The number of unbranched alkanes of at least 4 members (excludes halogenated alkanes) is 1. The molecule has 29 heavy (non-hydrogen) atoms. The molecule has 0 fully saturated rings. The Labute approximate surface area is 172 Å². The van der Waals surface area contributed by atoms with Crippen molar-refractivity contribution in [2.24, 2.45) is 5.41 Å². The van der Waals surface area contributed by atoms with Crippen LogP contribution in [0.1, 0.15) is 62.1 Å². The van der Waals surface area contributed by atoms with Crippen molar-refractivity contribution in [1.29, 1.82) is 0 Å². The van der Waals surface area contributed by atoms with E-state index in [-0.39, 0.29) is 23.1 Å². The van der Waals surface area contributed by atoms with Gasteiger partial charge in [-0.15, -0.1) is 0 Å². The van der Waals surface area contributed by atoms with Gasteiger partial charge in [-0.05, 0) is 47.7 Å². The maximum atomic E-state index is 13.6. The van der Waals surface area contributed by atoms with E-state index >= 15 is 0 Å². The Morgan fingerprint density at radius 1 is 1.14 bits per heavy atom. The van der Waals surface area contributed by atoms with Gasteiger partial charge in [0.05, 0.1) is 23.4 Å². The van der Waals surface area contributed by atoms with Crippen molar-refractivity contribution in [3.8, 4) is 0 Å². The molecule has 1 heterocycles. The van der Waals surface area contributed by atoms with E-state index in [4.69, 9.17) is 0 Å². The molecule has 1 aliphatic rings. The van der Waals surface area contributed by atoms with E-state index in [0.717, 1.165) is 12.8 Å². The first-order chi connectivity index (χ1) is 13.8. The Hall–Kier alpha value is -1.76. The van der Waals surface area contributed by atoms with Gasteiger partial charge in [0, 0.05) is 11.3 Å². The van der Waals surface area contributed by atoms with Crippen molar-refractivity contribution in [3.63, 3.8) is 0 Å². The van der Waals surface area contributed by atoms with Crippen molar-refractivity contribution < 1.29 is 23.0 Å². The van der Waals surface area contributed by atoms with Crippen molar-refractivity contribution in [2.75, 3.05) is 5.75 Å². The van der Waals surface area contributed by atoms with Gasteiger partial charge in [-0.1, -0.05) is 51.0 Å². The minimum absolute atomic E-state index is 0.124. The van der Waals surface area contributed by atoms with Crippen molar-refractivity contribution in [3.05, 3.63) is 65.0 Å². The van der Waals surface area contributed by atoms with Crippen LogP contribution in [0.15, 0.2) is 47.4 Å². The van der Waals surface area contributed by atoms with Crippen LogP contribution >= 0.6 is 0 Å². The molecule has 0 aromatic heterocycles. The number of benzene rings is 2. The topological polar surface area (TPSA) is 74.6 Å². The fraction of sp³-hybridized carbons (Fsp3) is 0.478. The van der Waals surface area contributed by atoms with E-state index in [2.05, 4.69) is 0 Å². The van der Waals surface area contributed by atoms with E-state index in [1.807, 2.05) is 13.8 Å². The SMILES string of the molecule is CCCC[C@]1(CC)CS(=O)(=O)c2ccc(CO)cc2[C@@H](c2ccc(F)cc2)[C@H]1O. The molecule has 1 aliphatic heterocycles. The van der Waals surface area contributed by atoms with Gasteiger partial charge < -0.3 is 10.2 Å². The minimum atomic E-state index is -3.65. The number of sulfone groups is 1. The first kappa shape index (κ1) is 21.9. The third-order valence-electron chi connectivity index (χ3n) is 6.31. The normalized spacial score (nSPS) is 26.0. The lowest BCUT2D eigenvalue weighted by molar-refractivity contribution is 0.0173. The summed E-state index contributed by atoms with van der Waals surface area (Å²) in [5.74, 6) is -1.13. The fourth-order valence-electron chi connectivity index (χ4n) is 4.56. The third kappa shape index (κ3) is 4.11. The molecule has 0 unspecified atom stereocenters. The van der Waals surface area contributed by atoms with E-state index in [0.29, 0.717) is 29.5 Å². The van der Waals surface area contributed by atoms with Gasteiger partial charge in [-0.25, -0.2) is 12.8 Å². The summed E-state index contributed by atoms with van der Waals surface area (Å²) in [6, 6.07) is 10.7. The minimum Gasteiger partial charge on any atom is -0.392 e. The van der Waals surface area contributed by atoms with Gasteiger partial charge in [-0.2, -0.15) is 0 Å². The lowest BCUT2D eigenvalue weighted by Crippen LogP contribution is -2.42. The Morgan fingerprint density at radius 3 is 2.41 bits per heavy atom. The summed E-state index contributed by atoms with van der Waals surface area (Å²) in [7, 11) is -3.65. The number of fused-ring (bicyclic) bond motifs is 1. The van der Waals surface area contributed by atoms with E-state index < -0.39 is 27.3 Å². The summed E-state index contributed by atoms with van der Waals surface area (Å²) in [4.78, 5) is 0.190. The molecular formula is C23H29FO4S. The largest absolute Gasteiger partial charge is 0.392 e. The molecule has 0 radical (unpaired) electrons. The average molecular weight is 421 g/mol. The molecule has 3 atom stereocenters. The summed E-state index contributed by atoms with van der Waals surface area (Å²) < 4.78 is 40.3. The zero-order chi connectivity index (χ0) is 21.2. The Kier molecular flexibility index (Phi) is 6.46. The zero-order valence-corrected chi connectivity index (χ0v) is 17.8. The average Bonchev–Trinajstić information content (AvgIpc) is 2.78. The molecule has 158 valence electrons. The maximum absolute atomic E-state index is 13.6. The van der Waals surface area contributed by atoms with Crippen LogP contribution in [-0.2, 0) is 16.4 Å². The van der Waals surface area contributed by atoms with Gasteiger partial charge >= 0.3 is 0 Å². The van der Waals surface area contributed by atoms with Crippen LogP contribution in [0.5, 0.6) is 0 Å². The molecule has 6 heteroatoms. The molecule has 2 aromatic carbocycles. The van der Waals surface area contributed by atoms with E-state index in [9.17, 15) is 23.0 Å². The summed E-state index contributed by atoms with van der Waals surface area (Å²) in [5, 5.41) is 21.2. The number of hydrogen-bond donors (Lipinski definition) is 2. The maximum Gasteiger partial charge on any atom is 0.179 e. The van der Waals surface area contributed by atoms with Crippen LogP contribution in [0.3, 0.4) is 0 Å². The molecule has 0 amide bonds. The third-order valence-corrected chi connectivity index (χ3v) is 8.31. The molecule has 0 saturated heterocycles. The molecule has 4 nitrogen and oxygen atoms in total. The molecule has 0 bridgehead atoms. The van der Waals surface area contributed by atoms with Crippen LogP contribution in [-0.4, -0.2) is 30.5 Å². The van der Waals surface area contributed by atoms with Gasteiger partial charge in [0.1, 0.15) is 5.82 Å². The summed E-state index contributed by atoms with van der Waals surface area (Å²) in [6.07, 6.45) is 1.88. The fourth-order valence-corrected chi connectivity index (χ4v) is 6.81. The summed E-state index contributed by atoms with van der Waals surface area (Å²) >= 11 is 0. The predicted molar refractivity (Wildman–Crippen MR) is 111 cm³/mol. The zero-order valence-electron chi connectivity index (χ0n) is 16.9. The van der Waals surface area contributed by atoms with Gasteiger partial charge in [-0.3, -0.25) is 0 Å². The van der Waals surface area contributed by atoms with Crippen LogP contribution in [0, 0.1) is 11.2 Å². The molecule has 0 saturated carbocycles. The van der Waals surface area contributed by atoms with Crippen molar-refractivity contribution in [2.45, 2.75) is 63.1 Å². The predicted octanol–water partition coefficient (Wildman–Crippen LogP) is 4.18. The first-order valence-corrected chi connectivity index (χ1v) is 11.8. The van der Waals surface area contributed by atoms with Gasteiger partial charge in [0.2, 0.25) is 0 Å². The molecule has 2 aromatic rings. The summed E-state index contributed by atoms with van der Waals surface area (Å²) in [6.45, 7) is 3.74. The monoisotopic (exact) mass is 420 g/mol. The van der Waals surface area contributed by atoms with E-state index in [1.165, 1.54) is 18.2 Å². The highest BCUT2D eigenvalue weighted by Crippen LogP contribution is 2.48. The smallest absolute Gasteiger partial charge is 0.179 e. The highest BCUT2D eigenvalue weighted by atomic mass is 32.2. The van der Waals surface area contributed by atoms with E-state index in [1.54, 1.807) is 24.3 Å². The lowest BCUT2D eigenvalue weighted by atomic mass is 9.69. The Bertz CT molecular complexity index is 955. The van der Waals surface area contributed by atoms with Crippen LogP contribution in [0.25, 0.3) is 0 Å². The quantitative estimate of drug-likeness (QED) is 0.735. The van der Waals surface area contributed by atoms with Crippen molar-refractivity contribution in [1.82, 2.24) is 0 Å². The van der Waals surface area contributed by atoms with Gasteiger partial charge in [0.15, 0.2) is 9.84 Å². The Morgan fingerprint density at radius 2 is 1.83 bits per heavy atom. The first-order valence-electron chi connectivity index (χ1n) is 10.2. The van der Waals surface area contributed by atoms with Crippen LogP contribution < -0.4 is 0 Å². The summed E-state index contributed by atoms with van der Waals surface area (Å²) in [5.41, 5.74) is 0.923. The number of halogens is 1. The number of aliphatic hydroxyl groups is 2. The van der Waals surface area contributed by atoms with Crippen LogP contribution in [0.2, 0.25) is 0 Å². The molecular weight excluding hydrogens is 391 g/mol. The van der Waals surface area contributed by atoms with Crippen molar-refractivity contribution >= 4 is 9.84 Å². The molecule has 0 spiro atoms. The second kappa shape index (κ2) is 8.54. The van der Waals surface area contributed by atoms with Crippen LogP contribution in [0.4, 0.5) is 4.39 Å². The second-order valence-electron chi connectivity index (χ2n) is 8.08. The highest BCUT2D eigenvalue weighted by Gasteiger charge is 2.48. The molecule has 0 aliphatic carbocycles. The molecule has 3 rings (SSSR count). The van der Waals surface area contributed by atoms with Gasteiger partial charge in [0.25, 0.3) is 0 Å². The highest BCUT2D eigenvalue weighted by molar-refractivity contribution is 7.91. The second-order valence-corrected chi connectivity index (χ2v) is 10.0. The number of rotatable bonds is 6. The number of hydrogen-bond acceptors (Lipinski definition) is 4. The standard InChI is InChI=1S/C23H29FO4S/c1-3-5-12-23(4-2)15-29(27,28)20-11-6-16(14-25)13-19(20)21(22(23)26)17-7-9-18(24)10-8-17/h6-11,13,21-22,25-26H,3-5,12,14-15H2,1-2H3/t21-,22-,23-/m1/s1. The number of aliphatic hydroxyl groups excluding tert-OH is 2.